The Morgan fingerprint density at radius 3 is 2.12 bits per heavy atom. The molecular formula is C11H9F3O2. The third kappa shape index (κ3) is 1.77. The van der Waals surface area contributed by atoms with Gasteiger partial charge >= 0.3 is 12.1 Å². The first-order chi connectivity index (χ1) is 7.39. The molecule has 1 aliphatic heterocycles. The average molecular weight is 230 g/mol. The van der Waals surface area contributed by atoms with Crippen molar-refractivity contribution < 1.29 is 22.7 Å². The van der Waals surface area contributed by atoms with Crippen LogP contribution in [0.2, 0.25) is 0 Å². The molecule has 0 amide bonds. The lowest BCUT2D eigenvalue weighted by Gasteiger charge is -2.32. The molecule has 2 nitrogen and oxygen atoms in total. The van der Waals surface area contributed by atoms with Crippen LogP contribution in [0.1, 0.15) is 24.2 Å². The molecule has 5 heteroatoms. The monoisotopic (exact) mass is 230 g/mol. The minimum absolute atomic E-state index is 0.281. The summed E-state index contributed by atoms with van der Waals surface area (Å²) in [4.78, 5) is 10.8. The van der Waals surface area contributed by atoms with Gasteiger partial charge in [0.15, 0.2) is 0 Å². The molecule has 0 aromatic heterocycles. The second-order valence-electron chi connectivity index (χ2n) is 3.77. The fourth-order valence-electron chi connectivity index (χ4n) is 1.60. The van der Waals surface area contributed by atoms with Crippen LogP contribution >= 0.6 is 0 Å². The minimum atomic E-state index is -4.33. The van der Waals surface area contributed by atoms with E-state index >= 15 is 0 Å². The van der Waals surface area contributed by atoms with Crippen LogP contribution in [-0.4, -0.2) is 5.97 Å². The van der Waals surface area contributed by atoms with Gasteiger partial charge in [-0.3, -0.25) is 4.79 Å². The lowest BCUT2D eigenvalue weighted by atomic mass is 9.92. The van der Waals surface area contributed by atoms with E-state index in [1.54, 1.807) is 6.92 Å². The molecule has 0 radical (unpaired) electrons. The van der Waals surface area contributed by atoms with Crippen molar-refractivity contribution >= 4 is 5.97 Å². The van der Waals surface area contributed by atoms with Gasteiger partial charge in [-0.05, 0) is 24.6 Å². The van der Waals surface area contributed by atoms with E-state index in [1.165, 1.54) is 12.1 Å². The van der Waals surface area contributed by atoms with E-state index in [1.807, 2.05) is 0 Å². The maximum absolute atomic E-state index is 12.3. The first-order valence-electron chi connectivity index (χ1n) is 4.77. The Kier molecular flexibility index (Phi) is 2.40. The van der Waals surface area contributed by atoms with Crippen LogP contribution in [0.25, 0.3) is 0 Å². The van der Waals surface area contributed by atoms with Crippen LogP contribution in [0.3, 0.4) is 0 Å². The standard InChI is InChI=1S/C11H9F3O2/c1-6-9(16-10(6)15)7-2-4-8(5-3-7)11(12,13)14/h2-6,9H,1H3/t6-,9+/m1/s1. The molecule has 2 rings (SSSR count). The normalized spacial score (nSPS) is 24.9. The summed E-state index contributed by atoms with van der Waals surface area (Å²) in [6.07, 6.45) is -4.74. The average Bonchev–Trinajstić information content (AvgIpc) is 2.24. The van der Waals surface area contributed by atoms with Gasteiger partial charge in [0.05, 0.1) is 11.5 Å². The third-order valence-electron chi connectivity index (χ3n) is 2.64. The molecule has 16 heavy (non-hydrogen) atoms. The van der Waals surface area contributed by atoms with E-state index in [-0.39, 0.29) is 11.9 Å². The Morgan fingerprint density at radius 2 is 1.75 bits per heavy atom. The molecule has 0 spiro atoms. The number of alkyl halides is 3. The maximum atomic E-state index is 12.3. The van der Waals surface area contributed by atoms with Gasteiger partial charge in [0, 0.05) is 0 Å². The van der Waals surface area contributed by atoms with E-state index in [0.29, 0.717) is 5.56 Å². The highest BCUT2D eigenvalue weighted by molar-refractivity contribution is 5.78. The molecule has 0 N–H and O–H groups in total. The smallest absolute Gasteiger partial charge is 0.416 e. The van der Waals surface area contributed by atoms with Gasteiger partial charge in [-0.25, -0.2) is 0 Å². The summed E-state index contributed by atoms with van der Waals surface area (Å²) in [5.41, 5.74) is -0.102. The molecule has 0 saturated carbocycles. The molecule has 86 valence electrons. The summed E-state index contributed by atoms with van der Waals surface area (Å²) in [6, 6.07) is 4.68. The SMILES string of the molecule is C[C@H]1C(=O)O[C@@H]1c1ccc(C(F)(F)F)cc1. The van der Waals surface area contributed by atoms with E-state index in [9.17, 15) is 18.0 Å². The second kappa shape index (κ2) is 3.50. The number of halogens is 3. The van der Waals surface area contributed by atoms with Crippen molar-refractivity contribution in [3.05, 3.63) is 35.4 Å². The highest BCUT2D eigenvalue weighted by Gasteiger charge is 2.40. The molecule has 0 unspecified atom stereocenters. The fraction of sp³-hybridized carbons (Fsp3) is 0.364. The Balaban J connectivity index is 2.18. The predicted molar refractivity (Wildman–Crippen MR) is 49.4 cm³/mol. The van der Waals surface area contributed by atoms with Crippen molar-refractivity contribution in [2.24, 2.45) is 5.92 Å². The summed E-state index contributed by atoms with van der Waals surface area (Å²) in [5, 5.41) is 0. The number of benzene rings is 1. The topological polar surface area (TPSA) is 26.3 Å². The zero-order valence-corrected chi connectivity index (χ0v) is 8.41. The zero-order valence-electron chi connectivity index (χ0n) is 8.41. The number of hydrogen-bond donors (Lipinski definition) is 0. The first kappa shape index (κ1) is 11.0. The number of esters is 1. The van der Waals surface area contributed by atoms with Gasteiger partial charge in [0.25, 0.3) is 0 Å². The number of hydrogen-bond acceptors (Lipinski definition) is 2. The third-order valence-corrected chi connectivity index (χ3v) is 2.64. The van der Waals surface area contributed by atoms with Gasteiger partial charge in [-0.2, -0.15) is 13.2 Å². The Hall–Kier alpha value is -1.52. The number of cyclic esters (lactones) is 1. The van der Waals surface area contributed by atoms with Crippen LogP contribution in [0.4, 0.5) is 13.2 Å². The van der Waals surface area contributed by atoms with Gasteiger partial charge in [0.2, 0.25) is 0 Å². The molecule has 1 saturated heterocycles. The van der Waals surface area contributed by atoms with Crippen LogP contribution < -0.4 is 0 Å². The minimum Gasteiger partial charge on any atom is -0.456 e. The first-order valence-corrected chi connectivity index (χ1v) is 4.77. The quantitative estimate of drug-likeness (QED) is 0.693. The Morgan fingerprint density at radius 1 is 1.19 bits per heavy atom. The van der Waals surface area contributed by atoms with Gasteiger partial charge in [0.1, 0.15) is 6.10 Å². The van der Waals surface area contributed by atoms with Gasteiger partial charge in [-0.1, -0.05) is 12.1 Å². The molecule has 1 fully saturated rings. The summed E-state index contributed by atoms with van der Waals surface area (Å²) in [6.45, 7) is 1.69. The van der Waals surface area contributed by atoms with Crippen LogP contribution in [0.15, 0.2) is 24.3 Å². The van der Waals surface area contributed by atoms with E-state index < -0.39 is 17.8 Å². The molecular weight excluding hydrogens is 221 g/mol. The van der Waals surface area contributed by atoms with Crippen molar-refractivity contribution in [1.82, 2.24) is 0 Å². The molecule has 0 aliphatic carbocycles. The molecule has 2 atom stereocenters. The molecule has 1 aromatic carbocycles. The van der Waals surface area contributed by atoms with E-state index in [0.717, 1.165) is 12.1 Å². The zero-order chi connectivity index (χ0) is 11.9. The van der Waals surface area contributed by atoms with Crippen LogP contribution in [-0.2, 0) is 15.7 Å². The number of carbonyl (C=O) groups is 1. The lowest BCUT2D eigenvalue weighted by Crippen LogP contribution is -2.36. The van der Waals surface area contributed by atoms with Crippen LogP contribution in [0, 0.1) is 5.92 Å². The van der Waals surface area contributed by atoms with Crippen molar-refractivity contribution in [2.75, 3.05) is 0 Å². The van der Waals surface area contributed by atoms with Crippen molar-refractivity contribution in [1.29, 1.82) is 0 Å². The molecule has 1 heterocycles. The fourth-order valence-corrected chi connectivity index (χ4v) is 1.60. The summed E-state index contributed by atoms with van der Waals surface area (Å²) in [7, 11) is 0. The summed E-state index contributed by atoms with van der Waals surface area (Å²) >= 11 is 0. The summed E-state index contributed by atoms with van der Waals surface area (Å²) < 4.78 is 41.7. The number of carbonyl (C=O) groups excluding carboxylic acids is 1. The molecule has 1 aromatic rings. The summed E-state index contributed by atoms with van der Waals surface area (Å²) in [5.74, 6) is -0.596. The van der Waals surface area contributed by atoms with Crippen molar-refractivity contribution in [3.63, 3.8) is 0 Å². The number of rotatable bonds is 1. The van der Waals surface area contributed by atoms with E-state index in [2.05, 4.69) is 0 Å². The highest BCUT2D eigenvalue weighted by Crippen LogP contribution is 2.37. The van der Waals surface area contributed by atoms with Crippen molar-refractivity contribution in [2.45, 2.75) is 19.2 Å². The van der Waals surface area contributed by atoms with Crippen LogP contribution in [0.5, 0.6) is 0 Å². The largest absolute Gasteiger partial charge is 0.456 e. The lowest BCUT2D eigenvalue weighted by molar-refractivity contribution is -0.183. The predicted octanol–water partition coefficient (Wildman–Crippen LogP) is 2.94. The Labute approximate surface area is 90.0 Å². The van der Waals surface area contributed by atoms with E-state index in [4.69, 9.17) is 4.74 Å². The second-order valence-corrected chi connectivity index (χ2v) is 3.77. The van der Waals surface area contributed by atoms with Crippen molar-refractivity contribution in [3.8, 4) is 0 Å². The number of ether oxygens (including phenoxy) is 1. The van der Waals surface area contributed by atoms with Gasteiger partial charge in [-0.15, -0.1) is 0 Å². The highest BCUT2D eigenvalue weighted by atomic mass is 19.4. The molecule has 0 bridgehead atoms. The Bertz CT molecular complexity index is 408. The molecule has 1 aliphatic rings. The van der Waals surface area contributed by atoms with Gasteiger partial charge < -0.3 is 4.74 Å². The maximum Gasteiger partial charge on any atom is 0.416 e.